The Labute approximate surface area is 114 Å². The molecule has 0 atom stereocenters. The van der Waals surface area contributed by atoms with Crippen LogP contribution in [0.1, 0.15) is 44.0 Å². The molecule has 0 aliphatic carbocycles. The van der Waals surface area contributed by atoms with E-state index in [0.29, 0.717) is 11.8 Å². The van der Waals surface area contributed by atoms with Gasteiger partial charge in [-0.3, -0.25) is 5.41 Å². The minimum atomic E-state index is 0.227. The first-order chi connectivity index (χ1) is 8.97. The Morgan fingerprint density at radius 3 is 2.53 bits per heavy atom. The smallest absolute Gasteiger partial charge is 0.225 e. The molecule has 0 amide bonds. The van der Waals surface area contributed by atoms with Crippen LogP contribution in [0, 0.1) is 18.3 Å². The molecule has 1 fully saturated rings. The third-order valence-corrected chi connectivity index (χ3v) is 3.67. The number of amidine groups is 1. The van der Waals surface area contributed by atoms with Gasteiger partial charge in [-0.1, -0.05) is 13.8 Å². The highest BCUT2D eigenvalue weighted by Crippen LogP contribution is 2.22. The molecule has 5 heteroatoms. The largest absolute Gasteiger partial charge is 0.387 e. The molecular formula is C14H23N5. The first kappa shape index (κ1) is 13.8. The van der Waals surface area contributed by atoms with Crippen LogP contribution >= 0.6 is 0 Å². The van der Waals surface area contributed by atoms with Crippen LogP contribution in [-0.2, 0) is 0 Å². The minimum Gasteiger partial charge on any atom is -0.387 e. The van der Waals surface area contributed by atoms with Crippen LogP contribution in [-0.4, -0.2) is 28.9 Å². The number of hydrogen-bond acceptors (Lipinski definition) is 4. The fourth-order valence-corrected chi connectivity index (χ4v) is 2.40. The Kier molecular flexibility index (Phi) is 4.02. The molecule has 0 aromatic carbocycles. The predicted octanol–water partition coefficient (Wildman–Crippen LogP) is 2.06. The number of nitrogens with one attached hydrogen (secondary N) is 1. The molecule has 19 heavy (non-hydrogen) atoms. The quantitative estimate of drug-likeness (QED) is 0.645. The van der Waals surface area contributed by atoms with Gasteiger partial charge < -0.3 is 10.6 Å². The van der Waals surface area contributed by atoms with Crippen molar-refractivity contribution in [3.63, 3.8) is 0 Å². The van der Waals surface area contributed by atoms with Crippen molar-refractivity contribution in [3.8, 4) is 0 Å². The van der Waals surface area contributed by atoms with Crippen molar-refractivity contribution in [2.45, 2.75) is 39.5 Å². The number of anilines is 1. The Morgan fingerprint density at radius 1 is 1.37 bits per heavy atom. The highest BCUT2D eigenvalue weighted by Gasteiger charge is 2.23. The van der Waals surface area contributed by atoms with Gasteiger partial charge >= 0.3 is 0 Å². The van der Waals surface area contributed by atoms with E-state index >= 15 is 0 Å². The summed E-state index contributed by atoms with van der Waals surface area (Å²) in [6.07, 6.45) is 1.84. The molecule has 3 N–H and O–H groups in total. The van der Waals surface area contributed by atoms with Crippen LogP contribution in [0.15, 0.2) is 6.07 Å². The molecular weight excluding hydrogens is 238 g/mol. The van der Waals surface area contributed by atoms with Crippen LogP contribution in [0.4, 0.5) is 5.95 Å². The zero-order valence-corrected chi connectivity index (χ0v) is 12.0. The van der Waals surface area contributed by atoms with Crippen LogP contribution in [0.2, 0.25) is 0 Å². The van der Waals surface area contributed by atoms with Crippen molar-refractivity contribution in [2.75, 3.05) is 18.0 Å². The fraction of sp³-hybridized carbons (Fsp3) is 0.643. The SMILES string of the molecule is Cc1cc(C(C)C)nc(N2CCC(C(=N)N)CC2)n1. The monoisotopic (exact) mass is 261 g/mol. The van der Waals surface area contributed by atoms with Crippen molar-refractivity contribution in [1.82, 2.24) is 9.97 Å². The van der Waals surface area contributed by atoms with Gasteiger partial charge in [0.15, 0.2) is 0 Å². The summed E-state index contributed by atoms with van der Waals surface area (Å²) in [4.78, 5) is 11.4. The third-order valence-electron chi connectivity index (χ3n) is 3.67. The number of nitrogens with two attached hydrogens (primary N) is 1. The standard InChI is InChI=1S/C14H23N5/c1-9(2)12-8-10(3)17-14(18-12)19-6-4-11(5-7-19)13(15)16/h8-9,11H,4-7H2,1-3H3,(H3,15,16). The lowest BCUT2D eigenvalue weighted by Gasteiger charge is -2.31. The Bertz CT molecular complexity index is 461. The zero-order chi connectivity index (χ0) is 14.0. The third kappa shape index (κ3) is 3.22. The van der Waals surface area contributed by atoms with Gasteiger partial charge in [-0.2, -0.15) is 0 Å². The van der Waals surface area contributed by atoms with Crippen LogP contribution in [0.25, 0.3) is 0 Å². The number of rotatable bonds is 3. The lowest BCUT2D eigenvalue weighted by atomic mass is 9.96. The maximum absolute atomic E-state index is 7.51. The van der Waals surface area contributed by atoms with E-state index in [9.17, 15) is 0 Å². The molecule has 1 saturated heterocycles. The number of aromatic nitrogens is 2. The average Bonchev–Trinajstić information content (AvgIpc) is 2.38. The summed E-state index contributed by atoms with van der Waals surface area (Å²) < 4.78 is 0. The molecule has 0 saturated carbocycles. The first-order valence-electron chi connectivity index (χ1n) is 6.92. The molecule has 0 spiro atoms. The van der Waals surface area contributed by atoms with E-state index in [-0.39, 0.29) is 5.92 Å². The van der Waals surface area contributed by atoms with E-state index in [1.54, 1.807) is 0 Å². The molecule has 1 aliphatic heterocycles. The van der Waals surface area contributed by atoms with Crippen molar-refractivity contribution in [2.24, 2.45) is 11.7 Å². The lowest BCUT2D eigenvalue weighted by Crippen LogP contribution is -2.39. The number of piperidine rings is 1. The highest BCUT2D eigenvalue weighted by molar-refractivity contribution is 5.79. The molecule has 1 aromatic rings. The summed E-state index contributed by atoms with van der Waals surface area (Å²) in [5, 5.41) is 7.51. The molecule has 1 aliphatic rings. The van der Waals surface area contributed by atoms with Gasteiger partial charge in [-0.15, -0.1) is 0 Å². The van der Waals surface area contributed by atoms with E-state index < -0.39 is 0 Å². The first-order valence-corrected chi connectivity index (χ1v) is 6.92. The van der Waals surface area contributed by atoms with Gasteiger partial charge in [0.05, 0.1) is 5.84 Å². The van der Waals surface area contributed by atoms with E-state index in [1.807, 2.05) is 6.92 Å². The minimum absolute atomic E-state index is 0.227. The molecule has 0 bridgehead atoms. The van der Waals surface area contributed by atoms with Crippen molar-refractivity contribution >= 4 is 11.8 Å². The van der Waals surface area contributed by atoms with Gasteiger partial charge in [0.2, 0.25) is 5.95 Å². The maximum Gasteiger partial charge on any atom is 0.225 e. The second-order valence-electron chi connectivity index (χ2n) is 5.61. The maximum atomic E-state index is 7.51. The second kappa shape index (κ2) is 5.55. The summed E-state index contributed by atoms with van der Waals surface area (Å²) in [6, 6.07) is 2.05. The Morgan fingerprint density at radius 2 is 2.00 bits per heavy atom. The zero-order valence-electron chi connectivity index (χ0n) is 12.0. The normalized spacial score (nSPS) is 16.9. The molecule has 1 aromatic heterocycles. The van der Waals surface area contributed by atoms with E-state index in [4.69, 9.17) is 11.1 Å². The van der Waals surface area contributed by atoms with Crippen molar-refractivity contribution in [1.29, 1.82) is 5.41 Å². The fourth-order valence-electron chi connectivity index (χ4n) is 2.40. The topological polar surface area (TPSA) is 78.9 Å². The van der Waals surface area contributed by atoms with E-state index in [1.165, 1.54) is 0 Å². The summed E-state index contributed by atoms with van der Waals surface area (Å²) in [7, 11) is 0. The van der Waals surface area contributed by atoms with Crippen molar-refractivity contribution < 1.29 is 0 Å². The molecule has 2 heterocycles. The van der Waals surface area contributed by atoms with E-state index in [2.05, 4.69) is 34.8 Å². The summed E-state index contributed by atoms with van der Waals surface area (Å²) in [5.74, 6) is 1.78. The molecule has 0 unspecified atom stereocenters. The van der Waals surface area contributed by atoms with Crippen LogP contribution < -0.4 is 10.6 Å². The predicted molar refractivity (Wildman–Crippen MR) is 77.7 cm³/mol. The van der Waals surface area contributed by atoms with E-state index in [0.717, 1.165) is 43.3 Å². The lowest BCUT2D eigenvalue weighted by molar-refractivity contribution is 0.491. The van der Waals surface area contributed by atoms with Crippen molar-refractivity contribution in [3.05, 3.63) is 17.5 Å². The summed E-state index contributed by atoms with van der Waals surface area (Å²) >= 11 is 0. The van der Waals surface area contributed by atoms with Gasteiger partial charge in [0.1, 0.15) is 0 Å². The summed E-state index contributed by atoms with van der Waals surface area (Å²) in [6.45, 7) is 8.07. The molecule has 2 rings (SSSR count). The summed E-state index contributed by atoms with van der Waals surface area (Å²) in [5.41, 5.74) is 7.68. The highest BCUT2D eigenvalue weighted by atomic mass is 15.3. The van der Waals surface area contributed by atoms with Crippen LogP contribution in [0.3, 0.4) is 0 Å². The number of hydrogen-bond donors (Lipinski definition) is 2. The van der Waals surface area contributed by atoms with Crippen LogP contribution in [0.5, 0.6) is 0 Å². The second-order valence-corrected chi connectivity index (χ2v) is 5.61. The number of aryl methyl sites for hydroxylation is 1. The van der Waals surface area contributed by atoms with Gasteiger partial charge in [-0.25, -0.2) is 9.97 Å². The Balaban J connectivity index is 2.13. The average molecular weight is 261 g/mol. The van der Waals surface area contributed by atoms with Gasteiger partial charge in [0.25, 0.3) is 0 Å². The molecule has 104 valence electrons. The number of nitrogens with zero attached hydrogens (tertiary/aromatic N) is 3. The molecule has 0 radical (unpaired) electrons. The molecule has 5 nitrogen and oxygen atoms in total. The van der Waals surface area contributed by atoms with Gasteiger partial charge in [0, 0.05) is 30.4 Å². The Hall–Kier alpha value is -1.65. The van der Waals surface area contributed by atoms with Gasteiger partial charge in [-0.05, 0) is 31.7 Å².